The lowest BCUT2D eigenvalue weighted by Gasteiger charge is -2.14. The van der Waals surface area contributed by atoms with Crippen molar-refractivity contribution in [2.45, 2.75) is 52.0 Å². The van der Waals surface area contributed by atoms with E-state index in [1.54, 1.807) is 25.3 Å². The van der Waals surface area contributed by atoms with Crippen LogP contribution in [0.1, 0.15) is 56.3 Å². The smallest absolute Gasteiger partial charge is 0.251 e. The summed E-state index contributed by atoms with van der Waals surface area (Å²) in [7, 11) is 1.61. The fourth-order valence-electron chi connectivity index (χ4n) is 2.06. The summed E-state index contributed by atoms with van der Waals surface area (Å²) >= 11 is 3.40. The molecule has 1 atom stereocenters. The number of methoxy groups -OCH3 is 1. The minimum Gasteiger partial charge on any atom is -0.496 e. The van der Waals surface area contributed by atoms with Gasteiger partial charge in [0.2, 0.25) is 0 Å². The molecule has 4 heteroatoms. The maximum atomic E-state index is 12.1. The zero-order valence-corrected chi connectivity index (χ0v) is 14.1. The van der Waals surface area contributed by atoms with Gasteiger partial charge in [0.15, 0.2) is 0 Å². The van der Waals surface area contributed by atoms with E-state index in [1.165, 1.54) is 25.7 Å². The number of halogens is 1. The lowest BCUT2D eigenvalue weighted by Crippen LogP contribution is -2.32. The Morgan fingerprint density at radius 1 is 1.35 bits per heavy atom. The Kier molecular flexibility index (Phi) is 7.67. The van der Waals surface area contributed by atoms with Crippen LogP contribution in [0.3, 0.4) is 0 Å². The molecule has 1 amide bonds. The first-order chi connectivity index (χ1) is 9.58. The summed E-state index contributed by atoms with van der Waals surface area (Å²) in [6.45, 7) is 4.26. The third-order valence-electron chi connectivity index (χ3n) is 3.28. The first-order valence-corrected chi connectivity index (χ1v) is 8.02. The van der Waals surface area contributed by atoms with E-state index >= 15 is 0 Å². The van der Waals surface area contributed by atoms with Gasteiger partial charge in [0.25, 0.3) is 5.91 Å². The number of hydrogen-bond acceptors (Lipinski definition) is 2. The Hall–Kier alpha value is -1.03. The van der Waals surface area contributed by atoms with Crippen molar-refractivity contribution in [3.63, 3.8) is 0 Å². The Morgan fingerprint density at radius 2 is 2.10 bits per heavy atom. The van der Waals surface area contributed by atoms with E-state index in [-0.39, 0.29) is 11.9 Å². The third-order valence-corrected chi connectivity index (χ3v) is 3.90. The summed E-state index contributed by atoms with van der Waals surface area (Å²) in [5.41, 5.74) is 0.651. The average Bonchev–Trinajstić information content (AvgIpc) is 2.43. The van der Waals surface area contributed by atoms with Crippen LogP contribution in [0, 0.1) is 0 Å². The number of carbonyl (C=O) groups excluding carboxylic acids is 1. The van der Waals surface area contributed by atoms with Crippen LogP contribution in [-0.2, 0) is 0 Å². The van der Waals surface area contributed by atoms with E-state index < -0.39 is 0 Å². The van der Waals surface area contributed by atoms with Gasteiger partial charge in [-0.15, -0.1) is 0 Å². The van der Waals surface area contributed by atoms with E-state index in [4.69, 9.17) is 4.74 Å². The molecule has 20 heavy (non-hydrogen) atoms. The monoisotopic (exact) mass is 341 g/mol. The van der Waals surface area contributed by atoms with E-state index in [9.17, 15) is 4.79 Å². The molecule has 3 nitrogen and oxygen atoms in total. The lowest BCUT2D eigenvalue weighted by molar-refractivity contribution is 0.0938. The molecular formula is C16H24BrNO2. The molecule has 0 radical (unpaired) electrons. The van der Waals surface area contributed by atoms with Crippen molar-refractivity contribution >= 4 is 21.8 Å². The van der Waals surface area contributed by atoms with Crippen molar-refractivity contribution in [3.8, 4) is 5.75 Å². The number of amides is 1. The largest absolute Gasteiger partial charge is 0.496 e. The Labute approximate surface area is 130 Å². The van der Waals surface area contributed by atoms with Gasteiger partial charge in [0, 0.05) is 11.6 Å². The maximum Gasteiger partial charge on any atom is 0.251 e. The van der Waals surface area contributed by atoms with Gasteiger partial charge in [-0.1, -0.05) is 32.6 Å². The van der Waals surface area contributed by atoms with Gasteiger partial charge in [-0.25, -0.2) is 0 Å². The third kappa shape index (κ3) is 5.53. The lowest BCUT2D eigenvalue weighted by atomic mass is 10.1. The Bertz CT molecular complexity index is 434. The van der Waals surface area contributed by atoms with Crippen LogP contribution in [0.15, 0.2) is 22.7 Å². The molecule has 1 rings (SSSR count). The highest BCUT2D eigenvalue weighted by Gasteiger charge is 2.11. The normalized spacial score (nSPS) is 12.0. The van der Waals surface area contributed by atoms with Gasteiger partial charge in [-0.3, -0.25) is 4.79 Å². The molecule has 0 saturated carbocycles. The van der Waals surface area contributed by atoms with Crippen LogP contribution in [0.5, 0.6) is 5.75 Å². The standard InChI is InChI=1S/C16H24BrNO2/c1-4-5-6-7-8-12(2)18-16(19)13-9-10-15(20-3)14(17)11-13/h9-12H,4-8H2,1-3H3,(H,18,19). The predicted molar refractivity (Wildman–Crippen MR) is 86.4 cm³/mol. The molecule has 0 aliphatic rings. The van der Waals surface area contributed by atoms with E-state index in [2.05, 4.69) is 35.1 Å². The van der Waals surface area contributed by atoms with Gasteiger partial charge in [-0.05, 0) is 47.5 Å². The van der Waals surface area contributed by atoms with Crippen LogP contribution in [0.2, 0.25) is 0 Å². The Balaban J connectivity index is 2.47. The summed E-state index contributed by atoms with van der Waals surface area (Å²) in [5, 5.41) is 3.04. The summed E-state index contributed by atoms with van der Waals surface area (Å²) in [6, 6.07) is 5.58. The summed E-state index contributed by atoms with van der Waals surface area (Å²) in [6.07, 6.45) is 5.95. The minimum atomic E-state index is -0.0312. The van der Waals surface area contributed by atoms with Crippen LogP contribution in [0.25, 0.3) is 0 Å². The van der Waals surface area contributed by atoms with E-state index in [1.807, 2.05) is 0 Å². The number of rotatable bonds is 8. The highest BCUT2D eigenvalue weighted by molar-refractivity contribution is 9.10. The first kappa shape index (κ1) is 17.0. The number of hydrogen-bond donors (Lipinski definition) is 1. The molecule has 0 aliphatic heterocycles. The summed E-state index contributed by atoms with van der Waals surface area (Å²) in [4.78, 5) is 12.1. The fourth-order valence-corrected chi connectivity index (χ4v) is 2.60. The first-order valence-electron chi connectivity index (χ1n) is 7.22. The van der Waals surface area contributed by atoms with Crippen LogP contribution in [0.4, 0.5) is 0 Å². The molecule has 112 valence electrons. The molecule has 1 aromatic carbocycles. The van der Waals surface area contributed by atoms with Gasteiger partial charge < -0.3 is 10.1 Å². The highest BCUT2D eigenvalue weighted by Crippen LogP contribution is 2.25. The Morgan fingerprint density at radius 3 is 2.70 bits per heavy atom. The minimum absolute atomic E-state index is 0.0312. The van der Waals surface area contributed by atoms with Crippen molar-refractivity contribution in [1.29, 1.82) is 0 Å². The molecule has 1 aromatic rings. The molecule has 1 N–H and O–H groups in total. The molecule has 0 spiro atoms. The molecule has 1 unspecified atom stereocenters. The second-order valence-corrected chi connectivity index (χ2v) is 5.93. The van der Waals surface area contributed by atoms with Crippen molar-refractivity contribution in [2.75, 3.05) is 7.11 Å². The van der Waals surface area contributed by atoms with E-state index in [0.717, 1.165) is 16.6 Å². The molecule has 0 bridgehead atoms. The zero-order chi connectivity index (χ0) is 15.0. The highest BCUT2D eigenvalue weighted by atomic mass is 79.9. The topological polar surface area (TPSA) is 38.3 Å². The number of ether oxygens (including phenoxy) is 1. The van der Waals surface area contributed by atoms with Crippen molar-refractivity contribution in [2.24, 2.45) is 0 Å². The fraction of sp³-hybridized carbons (Fsp3) is 0.562. The molecule has 0 aromatic heterocycles. The second-order valence-electron chi connectivity index (χ2n) is 5.07. The van der Waals surface area contributed by atoms with Crippen molar-refractivity contribution in [1.82, 2.24) is 5.32 Å². The van der Waals surface area contributed by atoms with Crippen LogP contribution in [-0.4, -0.2) is 19.1 Å². The number of nitrogens with one attached hydrogen (secondary N) is 1. The quantitative estimate of drug-likeness (QED) is 0.704. The maximum absolute atomic E-state index is 12.1. The molecular weight excluding hydrogens is 318 g/mol. The predicted octanol–water partition coefficient (Wildman–Crippen LogP) is 4.55. The van der Waals surface area contributed by atoms with Gasteiger partial charge >= 0.3 is 0 Å². The SMILES string of the molecule is CCCCCCC(C)NC(=O)c1ccc(OC)c(Br)c1. The summed E-state index contributed by atoms with van der Waals surface area (Å²) in [5.74, 6) is 0.700. The van der Waals surface area contributed by atoms with Crippen LogP contribution >= 0.6 is 15.9 Å². The van der Waals surface area contributed by atoms with E-state index in [0.29, 0.717) is 5.56 Å². The molecule has 0 heterocycles. The number of carbonyl (C=O) groups is 1. The summed E-state index contributed by atoms with van der Waals surface area (Å²) < 4.78 is 5.95. The molecule has 0 aliphatic carbocycles. The second kappa shape index (κ2) is 9.01. The van der Waals surface area contributed by atoms with Crippen molar-refractivity contribution < 1.29 is 9.53 Å². The number of benzene rings is 1. The molecule has 0 saturated heterocycles. The van der Waals surface area contributed by atoms with Gasteiger partial charge in [0.1, 0.15) is 5.75 Å². The number of unbranched alkanes of at least 4 members (excludes halogenated alkanes) is 3. The molecule has 0 fully saturated rings. The zero-order valence-electron chi connectivity index (χ0n) is 12.5. The van der Waals surface area contributed by atoms with Crippen molar-refractivity contribution in [3.05, 3.63) is 28.2 Å². The van der Waals surface area contributed by atoms with Gasteiger partial charge in [0.05, 0.1) is 11.6 Å². The average molecular weight is 342 g/mol. The van der Waals surface area contributed by atoms with Crippen LogP contribution < -0.4 is 10.1 Å². The van der Waals surface area contributed by atoms with Gasteiger partial charge in [-0.2, -0.15) is 0 Å².